The van der Waals surface area contributed by atoms with E-state index in [1.165, 1.54) is 0 Å². The lowest BCUT2D eigenvalue weighted by molar-refractivity contribution is 0.415. The summed E-state index contributed by atoms with van der Waals surface area (Å²) in [5.74, 6) is 1.87. The van der Waals surface area contributed by atoms with Gasteiger partial charge < -0.3 is 15.0 Å². The van der Waals surface area contributed by atoms with E-state index < -0.39 is 0 Å². The molecule has 0 atom stereocenters. The Morgan fingerprint density at radius 1 is 1.39 bits per heavy atom. The Balaban J connectivity index is 2.53. The van der Waals surface area contributed by atoms with Crippen LogP contribution in [0.1, 0.15) is 26.6 Å². The van der Waals surface area contributed by atoms with Crippen molar-refractivity contribution in [1.82, 2.24) is 9.55 Å². The second-order valence-corrected chi connectivity index (χ2v) is 5.29. The summed E-state index contributed by atoms with van der Waals surface area (Å²) < 4.78 is 7.44. The number of hydrogen-bond donors (Lipinski definition) is 1. The van der Waals surface area contributed by atoms with Gasteiger partial charge in [0.2, 0.25) is 0 Å². The van der Waals surface area contributed by atoms with E-state index >= 15 is 0 Å². The van der Waals surface area contributed by atoms with Crippen LogP contribution in [0.5, 0.6) is 5.75 Å². The average Bonchev–Trinajstić information content (AvgIpc) is 2.62. The van der Waals surface area contributed by atoms with Gasteiger partial charge in [-0.2, -0.15) is 0 Å². The summed E-state index contributed by atoms with van der Waals surface area (Å²) in [6.45, 7) is 7.06. The highest BCUT2D eigenvalue weighted by molar-refractivity contribution is 5.77. The largest absolute Gasteiger partial charge is 0.497 e. The summed E-state index contributed by atoms with van der Waals surface area (Å²) in [6.07, 6.45) is 0.762. The van der Waals surface area contributed by atoms with Gasteiger partial charge in [-0.25, -0.2) is 4.98 Å². The molecule has 2 rings (SSSR count). The van der Waals surface area contributed by atoms with Gasteiger partial charge in [0.15, 0.2) is 0 Å². The van der Waals surface area contributed by atoms with Gasteiger partial charge in [0.25, 0.3) is 0 Å². The molecule has 4 heteroatoms. The smallest absolute Gasteiger partial charge is 0.121 e. The SMILES string of the molecule is CCn1c(CC(C)(C)N)nc2cc(OC)ccc21. The molecule has 0 saturated carbocycles. The molecular weight excluding hydrogens is 226 g/mol. The molecule has 0 fully saturated rings. The monoisotopic (exact) mass is 247 g/mol. The van der Waals surface area contributed by atoms with Gasteiger partial charge in [-0.05, 0) is 32.9 Å². The molecule has 1 aromatic carbocycles. The fraction of sp³-hybridized carbons (Fsp3) is 0.500. The lowest BCUT2D eigenvalue weighted by Crippen LogP contribution is -2.35. The van der Waals surface area contributed by atoms with E-state index in [9.17, 15) is 0 Å². The van der Waals surface area contributed by atoms with Crippen LogP contribution in [-0.4, -0.2) is 22.2 Å². The first kappa shape index (κ1) is 12.9. The molecule has 0 amide bonds. The normalized spacial score (nSPS) is 12.1. The highest BCUT2D eigenvalue weighted by atomic mass is 16.5. The van der Waals surface area contributed by atoms with E-state index in [0.29, 0.717) is 0 Å². The van der Waals surface area contributed by atoms with Crippen LogP contribution in [0.4, 0.5) is 0 Å². The summed E-state index contributed by atoms with van der Waals surface area (Å²) in [6, 6.07) is 5.99. The molecule has 0 unspecified atom stereocenters. The fourth-order valence-corrected chi connectivity index (χ4v) is 2.18. The molecule has 0 aliphatic heterocycles. The number of fused-ring (bicyclic) bond motifs is 1. The second kappa shape index (κ2) is 4.61. The summed E-state index contributed by atoms with van der Waals surface area (Å²) >= 11 is 0. The summed E-state index contributed by atoms with van der Waals surface area (Å²) in [4.78, 5) is 4.68. The molecule has 2 N–H and O–H groups in total. The lowest BCUT2D eigenvalue weighted by Gasteiger charge is -2.18. The Labute approximate surface area is 108 Å². The zero-order valence-electron chi connectivity index (χ0n) is 11.5. The van der Waals surface area contributed by atoms with Crippen molar-refractivity contribution in [2.75, 3.05) is 7.11 Å². The van der Waals surface area contributed by atoms with Crippen molar-refractivity contribution in [2.45, 2.75) is 39.3 Å². The Morgan fingerprint density at radius 2 is 2.11 bits per heavy atom. The average molecular weight is 247 g/mol. The van der Waals surface area contributed by atoms with Crippen molar-refractivity contribution in [2.24, 2.45) is 5.73 Å². The fourth-order valence-electron chi connectivity index (χ4n) is 2.18. The maximum Gasteiger partial charge on any atom is 0.121 e. The Bertz CT molecular complexity index is 552. The molecule has 0 aliphatic rings. The number of aromatic nitrogens is 2. The number of hydrogen-bond acceptors (Lipinski definition) is 3. The quantitative estimate of drug-likeness (QED) is 0.902. The Kier molecular flexibility index (Phi) is 3.30. The molecule has 1 heterocycles. The number of methoxy groups -OCH3 is 1. The van der Waals surface area contributed by atoms with Gasteiger partial charge >= 0.3 is 0 Å². The molecule has 0 radical (unpaired) electrons. The third-order valence-corrected chi connectivity index (χ3v) is 2.96. The third kappa shape index (κ3) is 2.48. The van der Waals surface area contributed by atoms with Crippen LogP contribution in [0.15, 0.2) is 18.2 Å². The first-order valence-electron chi connectivity index (χ1n) is 6.26. The van der Waals surface area contributed by atoms with Crippen molar-refractivity contribution < 1.29 is 4.74 Å². The summed E-state index contributed by atoms with van der Waals surface area (Å²) in [5, 5.41) is 0. The van der Waals surface area contributed by atoms with E-state index in [2.05, 4.69) is 22.5 Å². The second-order valence-electron chi connectivity index (χ2n) is 5.29. The van der Waals surface area contributed by atoms with Crippen LogP contribution in [-0.2, 0) is 13.0 Å². The highest BCUT2D eigenvalue weighted by Gasteiger charge is 2.18. The zero-order valence-corrected chi connectivity index (χ0v) is 11.5. The van der Waals surface area contributed by atoms with E-state index in [1.807, 2.05) is 26.0 Å². The van der Waals surface area contributed by atoms with Crippen molar-refractivity contribution in [3.8, 4) is 5.75 Å². The molecule has 0 spiro atoms. The maximum atomic E-state index is 6.09. The Hall–Kier alpha value is -1.55. The third-order valence-electron chi connectivity index (χ3n) is 2.96. The molecular formula is C14H21N3O. The van der Waals surface area contributed by atoms with E-state index in [0.717, 1.165) is 35.6 Å². The van der Waals surface area contributed by atoms with Crippen LogP contribution in [0.3, 0.4) is 0 Å². The first-order chi connectivity index (χ1) is 8.44. The summed E-state index contributed by atoms with van der Waals surface area (Å²) in [7, 11) is 1.67. The van der Waals surface area contributed by atoms with Crippen LogP contribution >= 0.6 is 0 Å². The van der Waals surface area contributed by atoms with Gasteiger partial charge in [0.05, 0.1) is 18.1 Å². The van der Waals surface area contributed by atoms with Crippen molar-refractivity contribution in [3.63, 3.8) is 0 Å². The predicted molar refractivity (Wildman–Crippen MR) is 73.9 cm³/mol. The van der Waals surface area contributed by atoms with Crippen molar-refractivity contribution in [1.29, 1.82) is 0 Å². The molecule has 98 valence electrons. The molecule has 4 nitrogen and oxygen atoms in total. The van der Waals surface area contributed by atoms with E-state index in [1.54, 1.807) is 7.11 Å². The minimum absolute atomic E-state index is 0.252. The minimum atomic E-state index is -0.252. The molecule has 2 aromatic rings. The van der Waals surface area contributed by atoms with Gasteiger partial charge in [0.1, 0.15) is 11.6 Å². The minimum Gasteiger partial charge on any atom is -0.497 e. The van der Waals surface area contributed by atoms with Crippen molar-refractivity contribution in [3.05, 3.63) is 24.0 Å². The molecule has 0 aliphatic carbocycles. The predicted octanol–water partition coefficient (Wildman–Crippen LogP) is 2.34. The number of nitrogens with zero attached hydrogens (tertiary/aromatic N) is 2. The van der Waals surface area contributed by atoms with Crippen LogP contribution in [0.25, 0.3) is 11.0 Å². The van der Waals surface area contributed by atoms with Gasteiger partial charge in [-0.3, -0.25) is 0 Å². The number of rotatable bonds is 4. The van der Waals surface area contributed by atoms with Crippen molar-refractivity contribution >= 4 is 11.0 Å². The lowest BCUT2D eigenvalue weighted by atomic mass is 10.0. The highest BCUT2D eigenvalue weighted by Crippen LogP contribution is 2.23. The summed E-state index contributed by atoms with van der Waals surface area (Å²) in [5.41, 5.74) is 7.94. The molecule has 18 heavy (non-hydrogen) atoms. The first-order valence-corrected chi connectivity index (χ1v) is 6.26. The molecule has 0 saturated heterocycles. The molecule has 0 bridgehead atoms. The molecule has 1 aromatic heterocycles. The standard InChI is InChI=1S/C14H21N3O/c1-5-17-12-7-6-10(18-4)8-11(12)16-13(17)9-14(2,3)15/h6-8H,5,9,15H2,1-4H3. The number of ether oxygens (including phenoxy) is 1. The number of benzene rings is 1. The van der Waals surface area contributed by atoms with Crippen LogP contribution < -0.4 is 10.5 Å². The topological polar surface area (TPSA) is 53.1 Å². The maximum absolute atomic E-state index is 6.09. The van der Waals surface area contributed by atoms with Crippen LogP contribution in [0, 0.1) is 0 Å². The van der Waals surface area contributed by atoms with Gasteiger partial charge in [-0.1, -0.05) is 0 Å². The van der Waals surface area contributed by atoms with E-state index in [-0.39, 0.29) is 5.54 Å². The van der Waals surface area contributed by atoms with E-state index in [4.69, 9.17) is 10.5 Å². The number of nitrogens with two attached hydrogens (primary N) is 1. The Morgan fingerprint density at radius 3 is 2.67 bits per heavy atom. The van der Waals surface area contributed by atoms with Gasteiger partial charge in [-0.15, -0.1) is 0 Å². The number of imidazole rings is 1. The van der Waals surface area contributed by atoms with Gasteiger partial charge in [0, 0.05) is 24.6 Å². The number of aryl methyl sites for hydroxylation is 1. The zero-order chi connectivity index (χ0) is 13.3. The van der Waals surface area contributed by atoms with Crippen LogP contribution in [0.2, 0.25) is 0 Å².